The third-order valence-corrected chi connectivity index (χ3v) is 6.93. The lowest BCUT2D eigenvalue weighted by Gasteiger charge is -2.31. The Hall–Kier alpha value is -3.18. The second-order valence-electron chi connectivity index (χ2n) is 10.1. The summed E-state index contributed by atoms with van der Waals surface area (Å²) in [5, 5.41) is 0. The van der Waals surface area contributed by atoms with Crippen molar-refractivity contribution in [2.45, 2.75) is 40.0 Å². The van der Waals surface area contributed by atoms with Crippen molar-refractivity contribution in [1.82, 2.24) is 0 Å². The van der Waals surface area contributed by atoms with Gasteiger partial charge < -0.3 is 14.2 Å². The Labute approximate surface area is 217 Å². The number of anilines is 3. The molecule has 1 aliphatic heterocycles. The van der Waals surface area contributed by atoms with Crippen LogP contribution in [0.4, 0.5) is 17.1 Å². The van der Waals surface area contributed by atoms with Crippen LogP contribution in [0.25, 0.3) is 0 Å². The second-order valence-corrected chi connectivity index (χ2v) is 11.0. The summed E-state index contributed by atoms with van der Waals surface area (Å²) < 4.78 is 13.1. The minimum absolute atomic E-state index is 0.0942. The highest BCUT2D eigenvalue weighted by molar-refractivity contribution is 9.10. The number of hydrogen-bond donors (Lipinski definition) is 0. The van der Waals surface area contributed by atoms with Crippen molar-refractivity contribution >= 4 is 45.6 Å². The first-order chi connectivity index (χ1) is 16.7. The predicted molar refractivity (Wildman–Crippen MR) is 150 cm³/mol. The number of aryl methyl sites for hydroxylation is 2. The fourth-order valence-corrected chi connectivity index (χ4v) is 4.82. The van der Waals surface area contributed by atoms with Crippen molar-refractivity contribution in [2.75, 3.05) is 4.90 Å². The molecule has 0 unspecified atom stereocenters. The standard InChI is InChI=1S/C30H29BBrNO2/c1-20-18-22(30(3,4)5)19-21(2)29(20)33(26-16-12-24(32)13-17-26)25-14-10-23(11-15-25)31-34-27-8-6-7-9-28(27)35-31/h6-19H,1-5H3. The van der Waals surface area contributed by atoms with Crippen molar-refractivity contribution in [3.63, 3.8) is 0 Å². The van der Waals surface area contributed by atoms with Gasteiger partial charge in [0.15, 0.2) is 0 Å². The fourth-order valence-electron chi connectivity index (χ4n) is 4.56. The van der Waals surface area contributed by atoms with Crippen LogP contribution in [0.2, 0.25) is 0 Å². The normalized spacial score (nSPS) is 12.7. The Kier molecular flexibility index (Phi) is 6.14. The molecule has 0 spiro atoms. The zero-order valence-electron chi connectivity index (χ0n) is 20.8. The molecule has 1 aliphatic rings. The number of rotatable bonds is 4. The molecule has 4 aromatic carbocycles. The molecule has 0 saturated heterocycles. The van der Waals surface area contributed by atoms with E-state index < -0.39 is 7.12 Å². The van der Waals surface area contributed by atoms with Gasteiger partial charge in [0, 0.05) is 21.3 Å². The van der Waals surface area contributed by atoms with Crippen LogP contribution < -0.4 is 19.7 Å². The second kappa shape index (κ2) is 9.12. The van der Waals surface area contributed by atoms with Crippen LogP contribution in [0.3, 0.4) is 0 Å². The molecule has 5 heteroatoms. The van der Waals surface area contributed by atoms with E-state index in [4.69, 9.17) is 9.31 Å². The molecular weight excluding hydrogens is 497 g/mol. The van der Waals surface area contributed by atoms with Crippen LogP contribution in [0, 0.1) is 13.8 Å². The summed E-state index contributed by atoms with van der Waals surface area (Å²) in [7, 11) is -0.433. The average Bonchev–Trinajstić information content (AvgIpc) is 3.26. The van der Waals surface area contributed by atoms with Crippen LogP contribution in [0.5, 0.6) is 11.5 Å². The average molecular weight is 526 g/mol. The smallest absolute Gasteiger partial charge is 0.519 e. The van der Waals surface area contributed by atoms with E-state index in [-0.39, 0.29) is 5.41 Å². The first-order valence-electron chi connectivity index (χ1n) is 11.9. The van der Waals surface area contributed by atoms with Gasteiger partial charge >= 0.3 is 7.12 Å². The highest BCUT2D eigenvalue weighted by Crippen LogP contribution is 2.41. The predicted octanol–water partition coefficient (Wildman–Crippen LogP) is 8.00. The highest BCUT2D eigenvalue weighted by Gasteiger charge is 2.34. The summed E-state index contributed by atoms with van der Waals surface area (Å²) in [6.07, 6.45) is 0. The quantitative estimate of drug-likeness (QED) is 0.252. The number of hydrogen-bond acceptors (Lipinski definition) is 3. The summed E-state index contributed by atoms with van der Waals surface area (Å²) in [5.74, 6) is 1.56. The Morgan fingerprint density at radius 1 is 0.714 bits per heavy atom. The van der Waals surface area contributed by atoms with Crippen LogP contribution in [-0.2, 0) is 5.41 Å². The SMILES string of the molecule is Cc1cc(C(C)(C)C)cc(C)c1N(c1ccc(Br)cc1)c1ccc(B2Oc3ccccc3O2)cc1. The molecule has 0 atom stereocenters. The molecule has 4 aromatic rings. The molecule has 0 N–H and O–H groups in total. The van der Waals surface area contributed by atoms with Crippen LogP contribution in [0.1, 0.15) is 37.5 Å². The number of nitrogens with zero attached hydrogens (tertiary/aromatic N) is 1. The molecule has 5 rings (SSSR count). The van der Waals surface area contributed by atoms with Crippen molar-refractivity contribution in [3.8, 4) is 11.5 Å². The molecule has 0 aliphatic carbocycles. The van der Waals surface area contributed by atoms with Gasteiger partial charge in [-0.25, -0.2) is 0 Å². The van der Waals surface area contributed by atoms with E-state index in [2.05, 4.69) is 116 Å². The van der Waals surface area contributed by atoms with Crippen LogP contribution in [0.15, 0.2) is 89.4 Å². The summed E-state index contributed by atoms with van der Waals surface area (Å²) in [4.78, 5) is 2.33. The minimum atomic E-state index is -0.433. The van der Waals surface area contributed by atoms with E-state index in [9.17, 15) is 0 Å². The Morgan fingerprint density at radius 3 is 1.69 bits per heavy atom. The Balaban J connectivity index is 1.55. The summed E-state index contributed by atoms with van der Waals surface area (Å²) in [5.41, 5.74) is 8.32. The van der Waals surface area contributed by atoms with Gasteiger partial charge in [0.05, 0.1) is 5.69 Å². The number of halogens is 1. The zero-order chi connectivity index (χ0) is 24.7. The summed E-state index contributed by atoms with van der Waals surface area (Å²) in [6, 6.07) is 29.4. The van der Waals surface area contributed by atoms with Gasteiger partial charge in [-0.15, -0.1) is 0 Å². The van der Waals surface area contributed by atoms with Gasteiger partial charge in [-0.3, -0.25) is 0 Å². The molecule has 176 valence electrons. The van der Waals surface area contributed by atoms with Gasteiger partial charge in [0.2, 0.25) is 0 Å². The molecule has 3 nitrogen and oxygen atoms in total. The van der Waals surface area contributed by atoms with Gasteiger partial charge in [-0.2, -0.15) is 0 Å². The van der Waals surface area contributed by atoms with Gasteiger partial charge in [-0.1, -0.05) is 73.1 Å². The van der Waals surface area contributed by atoms with E-state index in [0.29, 0.717) is 0 Å². The zero-order valence-corrected chi connectivity index (χ0v) is 22.4. The highest BCUT2D eigenvalue weighted by atomic mass is 79.9. The van der Waals surface area contributed by atoms with Gasteiger partial charge in [0.25, 0.3) is 0 Å². The lowest BCUT2D eigenvalue weighted by molar-refractivity contribution is 0.519. The van der Waals surface area contributed by atoms with Crippen LogP contribution in [-0.4, -0.2) is 7.12 Å². The number of benzene rings is 4. The monoisotopic (exact) mass is 525 g/mol. The van der Waals surface area contributed by atoms with Crippen molar-refractivity contribution in [2.24, 2.45) is 0 Å². The molecule has 0 bridgehead atoms. The summed E-state index contributed by atoms with van der Waals surface area (Å²) >= 11 is 3.58. The van der Waals surface area contributed by atoms with E-state index >= 15 is 0 Å². The first-order valence-corrected chi connectivity index (χ1v) is 12.7. The Morgan fingerprint density at radius 2 is 1.20 bits per heavy atom. The molecule has 35 heavy (non-hydrogen) atoms. The van der Waals surface area contributed by atoms with Crippen molar-refractivity contribution in [1.29, 1.82) is 0 Å². The molecular formula is C30H29BBrNO2. The lowest BCUT2D eigenvalue weighted by Crippen LogP contribution is -2.38. The van der Waals surface area contributed by atoms with E-state index in [1.165, 1.54) is 22.4 Å². The molecule has 0 aromatic heterocycles. The molecule has 0 radical (unpaired) electrons. The maximum atomic E-state index is 6.02. The third-order valence-electron chi connectivity index (χ3n) is 6.41. The molecule has 0 saturated carbocycles. The van der Waals surface area contributed by atoms with Gasteiger partial charge in [0.1, 0.15) is 11.5 Å². The van der Waals surface area contributed by atoms with Crippen molar-refractivity contribution < 1.29 is 9.31 Å². The number of fused-ring (bicyclic) bond motifs is 1. The van der Waals surface area contributed by atoms with E-state index in [1.807, 2.05) is 24.3 Å². The van der Waals surface area contributed by atoms with Crippen molar-refractivity contribution in [3.05, 3.63) is 106 Å². The molecule has 1 heterocycles. The third kappa shape index (κ3) is 4.70. The van der Waals surface area contributed by atoms with E-state index in [0.717, 1.165) is 32.8 Å². The van der Waals surface area contributed by atoms with E-state index in [1.54, 1.807) is 0 Å². The maximum Gasteiger partial charge on any atom is 0.632 e. The summed E-state index contributed by atoms with van der Waals surface area (Å²) in [6.45, 7) is 11.2. The van der Waals surface area contributed by atoms with Crippen LogP contribution >= 0.6 is 15.9 Å². The Bertz CT molecular complexity index is 1310. The van der Waals surface area contributed by atoms with Gasteiger partial charge in [-0.05, 0) is 84.5 Å². The largest absolute Gasteiger partial charge is 0.632 e. The maximum absolute atomic E-state index is 6.02. The fraction of sp³-hybridized carbons (Fsp3) is 0.200. The first kappa shape index (κ1) is 23.6. The lowest BCUT2D eigenvalue weighted by atomic mass is 9.79. The number of para-hydroxylation sites is 2. The topological polar surface area (TPSA) is 21.7 Å². The molecule has 0 fully saturated rings. The molecule has 0 amide bonds. The minimum Gasteiger partial charge on any atom is -0.519 e.